The quantitative estimate of drug-likeness (QED) is 0.697. The summed E-state index contributed by atoms with van der Waals surface area (Å²) in [5.41, 5.74) is 5.01. The lowest BCUT2D eigenvalue weighted by molar-refractivity contribution is -0.0528. The van der Waals surface area contributed by atoms with E-state index < -0.39 is 5.60 Å². The van der Waals surface area contributed by atoms with Crippen molar-refractivity contribution >= 4 is 0 Å². The highest BCUT2D eigenvalue weighted by Gasteiger charge is 2.49. The van der Waals surface area contributed by atoms with E-state index in [0.717, 1.165) is 25.6 Å². The molecule has 0 aromatic rings. The summed E-state index contributed by atoms with van der Waals surface area (Å²) in [5, 5.41) is 10.5. The normalized spacial score (nSPS) is 35.1. The van der Waals surface area contributed by atoms with Crippen LogP contribution >= 0.6 is 0 Å². The number of nitrogens with two attached hydrogens (primary N) is 1. The number of hydrogen-bond acceptors (Lipinski definition) is 3. The van der Waals surface area contributed by atoms with Gasteiger partial charge in [-0.3, -0.25) is 4.90 Å². The lowest BCUT2D eigenvalue weighted by Gasteiger charge is -2.39. The van der Waals surface area contributed by atoms with E-state index in [4.69, 9.17) is 5.73 Å². The van der Waals surface area contributed by atoms with Gasteiger partial charge in [0, 0.05) is 31.1 Å². The van der Waals surface area contributed by atoms with Gasteiger partial charge in [0.1, 0.15) is 0 Å². The van der Waals surface area contributed by atoms with E-state index in [9.17, 15) is 5.11 Å². The van der Waals surface area contributed by atoms with Crippen LogP contribution in [0.1, 0.15) is 33.1 Å². The van der Waals surface area contributed by atoms with E-state index in [1.54, 1.807) is 0 Å². The van der Waals surface area contributed by atoms with E-state index in [0.29, 0.717) is 6.54 Å². The van der Waals surface area contributed by atoms with Crippen molar-refractivity contribution in [2.75, 3.05) is 19.6 Å². The van der Waals surface area contributed by atoms with Crippen LogP contribution in [0, 0.1) is 5.41 Å². The van der Waals surface area contributed by atoms with Crippen LogP contribution in [0.3, 0.4) is 0 Å². The van der Waals surface area contributed by atoms with Gasteiger partial charge in [0.05, 0.1) is 5.60 Å². The van der Waals surface area contributed by atoms with Crippen LogP contribution in [0.2, 0.25) is 0 Å². The molecule has 1 unspecified atom stereocenters. The molecule has 1 heterocycles. The monoisotopic (exact) mass is 198 g/mol. The van der Waals surface area contributed by atoms with Crippen molar-refractivity contribution in [2.45, 2.75) is 44.8 Å². The Hall–Kier alpha value is -0.120. The summed E-state index contributed by atoms with van der Waals surface area (Å²) < 4.78 is 0. The van der Waals surface area contributed by atoms with Gasteiger partial charge in [0.25, 0.3) is 0 Å². The fourth-order valence-electron chi connectivity index (χ4n) is 2.32. The maximum absolute atomic E-state index is 10.5. The van der Waals surface area contributed by atoms with Crippen molar-refractivity contribution in [3.05, 3.63) is 0 Å². The lowest BCUT2D eigenvalue weighted by atomic mass is 9.74. The van der Waals surface area contributed by atoms with E-state index in [1.165, 1.54) is 12.8 Å². The first-order valence-corrected chi connectivity index (χ1v) is 5.65. The molecule has 1 aliphatic carbocycles. The smallest absolute Gasteiger partial charge is 0.0848 e. The summed E-state index contributed by atoms with van der Waals surface area (Å²) in [6, 6.07) is 0.762. The molecule has 0 radical (unpaired) electrons. The standard InChI is InChI=1S/C11H22N2O/c1-10(2,7-12)11(14)5-6-13(8-11)9-3-4-9/h9,14H,3-8,12H2,1-2H3. The number of hydrogen-bond donors (Lipinski definition) is 2. The van der Waals surface area contributed by atoms with Crippen LogP contribution < -0.4 is 5.73 Å². The predicted octanol–water partition coefficient (Wildman–Crippen LogP) is 0.570. The third-order valence-corrected chi connectivity index (χ3v) is 4.11. The molecule has 2 aliphatic rings. The summed E-state index contributed by atoms with van der Waals surface area (Å²) in [6.07, 6.45) is 3.52. The van der Waals surface area contributed by atoms with Crippen molar-refractivity contribution in [3.63, 3.8) is 0 Å². The van der Waals surface area contributed by atoms with Gasteiger partial charge >= 0.3 is 0 Å². The first-order valence-electron chi connectivity index (χ1n) is 5.65. The molecule has 1 atom stereocenters. The summed E-state index contributed by atoms with van der Waals surface area (Å²) >= 11 is 0. The van der Waals surface area contributed by atoms with Crippen LogP contribution in [-0.4, -0.2) is 41.3 Å². The minimum Gasteiger partial charge on any atom is -0.388 e. The molecule has 3 heteroatoms. The van der Waals surface area contributed by atoms with E-state index >= 15 is 0 Å². The molecule has 0 aromatic carbocycles. The summed E-state index contributed by atoms with van der Waals surface area (Å²) in [4.78, 5) is 2.43. The Kier molecular flexibility index (Phi) is 2.37. The van der Waals surface area contributed by atoms with Gasteiger partial charge in [0.2, 0.25) is 0 Å². The largest absolute Gasteiger partial charge is 0.388 e. The zero-order valence-electron chi connectivity index (χ0n) is 9.29. The summed E-state index contributed by atoms with van der Waals surface area (Å²) in [6.45, 7) is 6.57. The third-order valence-electron chi connectivity index (χ3n) is 4.11. The van der Waals surface area contributed by atoms with Gasteiger partial charge in [-0.25, -0.2) is 0 Å². The van der Waals surface area contributed by atoms with Gasteiger partial charge in [-0.05, 0) is 19.3 Å². The molecular weight excluding hydrogens is 176 g/mol. The van der Waals surface area contributed by atoms with Crippen LogP contribution in [0.5, 0.6) is 0 Å². The molecule has 3 N–H and O–H groups in total. The van der Waals surface area contributed by atoms with Crippen LogP contribution in [0.25, 0.3) is 0 Å². The molecular formula is C11H22N2O. The fraction of sp³-hybridized carbons (Fsp3) is 1.00. The highest BCUT2D eigenvalue weighted by molar-refractivity contribution is 5.03. The Balaban J connectivity index is 2.03. The third kappa shape index (κ3) is 1.58. The maximum Gasteiger partial charge on any atom is 0.0848 e. The van der Waals surface area contributed by atoms with Crippen molar-refractivity contribution < 1.29 is 5.11 Å². The number of β-amino-alcohol motifs (C(OH)–C–C–N with tert-alkyl or cyclic N) is 1. The molecule has 0 spiro atoms. The van der Waals surface area contributed by atoms with Crippen LogP contribution in [0.15, 0.2) is 0 Å². The Labute approximate surface area is 86.3 Å². The zero-order valence-corrected chi connectivity index (χ0v) is 9.29. The predicted molar refractivity (Wildman–Crippen MR) is 57.0 cm³/mol. The average molecular weight is 198 g/mol. The molecule has 0 bridgehead atoms. The van der Waals surface area contributed by atoms with E-state index in [-0.39, 0.29) is 5.41 Å². The fourth-order valence-corrected chi connectivity index (χ4v) is 2.32. The van der Waals surface area contributed by atoms with Crippen molar-refractivity contribution in [1.29, 1.82) is 0 Å². The van der Waals surface area contributed by atoms with Crippen molar-refractivity contribution in [1.82, 2.24) is 4.90 Å². The van der Waals surface area contributed by atoms with E-state index in [2.05, 4.69) is 18.7 Å². The first-order chi connectivity index (χ1) is 6.48. The van der Waals surface area contributed by atoms with Gasteiger partial charge in [-0.1, -0.05) is 13.8 Å². The second kappa shape index (κ2) is 3.19. The summed E-state index contributed by atoms with van der Waals surface area (Å²) in [7, 11) is 0. The number of rotatable bonds is 3. The van der Waals surface area contributed by atoms with Gasteiger partial charge in [0.15, 0.2) is 0 Å². The Morgan fingerprint density at radius 1 is 1.50 bits per heavy atom. The van der Waals surface area contributed by atoms with Gasteiger partial charge in [-0.15, -0.1) is 0 Å². The van der Waals surface area contributed by atoms with Gasteiger partial charge in [-0.2, -0.15) is 0 Å². The molecule has 0 aromatic heterocycles. The van der Waals surface area contributed by atoms with E-state index in [1.807, 2.05) is 0 Å². The molecule has 1 aliphatic heterocycles. The van der Waals surface area contributed by atoms with Crippen molar-refractivity contribution in [2.24, 2.45) is 11.1 Å². The highest BCUT2D eigenvalue weighted by atomic mass is 16.3. The molecule has 82 valence electrons. The molecule has 1 saturated carbocycles. The molecule has 1 saturated heterocycles. The number of aliphatic hydroxyl groups is 1. The van der Waals surface area contributed by atoms with Crippen molar-refractivity contribution in [3.8, 4) is 0 Å². The zero-order chi connectivity index (χ0) is 10.4. The lowest BCUT2D eigenvalue weighted by Crippen LogP contribution is -2.50. The minimum absolute atomic E-state index is 0.156. The molecule has 2 rings (SSSR count). The highest BCUT2D eigenvalue weighted by Crippen LogP contribution is 2.41. The van der Waals surface area contributed by atoms with Crippen LogP contribution in [0.4, 0.5) is 0 Å². The molecule has 2 fully saturated rings. The first kappa shape index (κ1) is 10.4. The molecule has 3 nitrogen and oxygen atoms in total. The Morgan fingerprint density at radius 3 is 2.64 bits per heavy atom. The average Bonchev–Trinajstić information content (AvgIpc) is 2.90. The van der Waals surface area contributed by atoms with Gasteiger partial charge < -0.3 is 10.8 Å². The molecule has 14 heavy (non-hydrogen) atoms. The number of likely N-dealkylation sites (tertiary alicyclic amines) is 1. The Bertz CT molecular complexity index is 225. The maximum atomic E-state index is 10.5. The summed E-state index contributed by atoms with van der Waals surface area (Å²) in [5.74, 6) is 0. The topological polar surface area (TPSA) is 49.5 Å². The number of nitrogens with zero attached hydrogens (tertiary/aromatic N) is 1. The Morgan fingerprint density at radius 2 is 2.14 bits per heavy atom. The SMILES string of the molecule is CC(C)(CN)C1(O)CCN(C2CC2)C1. The molecule has 0 amide bonds. The minimum atomic E-state index is -0.565. The second-order valence-corrected chi connectivity index (χ2v) is 5.57. The van der Waals surface area contributed by atoms with Crippen LogP contribution in [-0.2, 0) is 0 Å². The second-order valence-electron chi connectivity index (χ2n) is 5.57.